The highest BCUT2D eigenvalue weighted by Crippen LogP contribution is 2.19. The van der Waals surface area contributed by atoms with E-state index >= 15 is 0 Å². The van der Waals surface area contributed by atoms with Crippen molar-refractivity contribution in [1.82, 2.24) is 5.32 Å². The average molecular weight is 351 g/mol. The Morgan fingerprint density at radius 2 is 1.64 bits per heavy atom. The van der Waals surface area contributed by atoms with Crippen LogP contribution in [0.3, 0.4) is 0 Å². The van der Waals surface area contributed by atoms with Crippen molar-refractivity contribution in [2.45, 2.75) is 72.1 Å². The maximum absolute atomic E-state index is 12.0. The summed E-state index contributed by atoms with van der Waals surface area (Å²) in [5, 5.41) is 2.89. The van der Waals surface area contributed by atoms with Gasteiger partial charge >= 0.3 is 6.09 Å². The molecule has 0 spiro atoms. The Hall–Kier alpha value is -1.75. The number of nitrogens with one attached hydrogen (secondary N) is 1. The van der Waals surface area contributed by atoms with Crippen molar-refractivity contribution in [3.8, 4) is 5.75 Å². The molecule has 0 aromatic heterocycles. The molecule has 0 heterocycles. The van der Waals surface area contributed by atoms with Crippen LogP contribution in [-0.4, -0.2) is 36.6 Å². The van der Waals surface area contributed by atoms with Gasteiger partial charge in [0.25, 0.3) is 0 Å². The Morgan fingerprint density at radius 3 is 2.12 bits per heavy atom. The zero-order chi connectivity index (χ0) is 19.1. The van der Waals surface area contributed by atoms with E-state index < -0.39 is 11.7 Å². The molecule has 0 aliphatic rings. The van der Waals surface area contributed by atoms with Gasteiger partial charge in [-0.25, -0.2) is 4.79 Å². The number of carbonyl (C=O) groups is 1. The zero-order valence-corrected chi connectivity index (χ0v) is 16.6. The lowest BCUT2D eigenvalue weighted by Crippen LogP contribution is -2.42. The van der Waals surface area contributed by atoms with E-state index in [4.69, 9.17) is 14.2 Å². The number of benzene rings is 1. The van der Waals surface area contributed by atoms with E-state index in [1.54, 1.807) is 0 Å². The normalized spacial score (nSPS) is 13.2. The van der Waals surface area contributed by atoms with Gasteiger partial charge in [-0.15, -0.1) is 0 Å². The lowest BCUT2D eigenvalue weighted by molar-refractivity contribution is 0.0449. The first-order valence-electron chi connectivity index (χ1n) is 8.84. The van der Waals surface area contributed by atoms with Crippen molar-refractivity contribution in [2.24, 2.45) is 0 Å². The molecule has 0 aliphatic carbocycles. The Bertz CT molecular complexity index is 526. The number of hydrogen-bond acceptors (Lipinski definition) is 4. The molecule has 0 aliphatic heterocycles. The largest absolute Gasteiger partial charge is 0.488 e. The van der Waals surface area contributed by atoms with Crippen molar-refractivity contribution >= 4 is 6.09 Å². The highest BCUT2D eigenvalue weighted by Gasteiger charge is 2.20. The second kappa shape index (κ2) is 9.09. The van der Waals surface area contributed by atoms with E-state index in [9.17, 15) is 4.79 Å². The second-order valence-electron chi connectivity index (χ2n) is 8.07. The lowest BCUT2D eigenvalue weighted by Gasteiger charge is -2.24. The van der Waals surface area contributed by atoms with E-state index in [2.05, 4.69) is 5.32 Å². The van der Waals surface area contributed by atoms with E-state index in [0.717, 1.165) is 11.3 Å². The third-order valence-corrected chi connectivity index (χ3v) is 3.07. The molecular formula is C20H33NO4. The fourth-order valence-corrected chi connectivity index (χ4v) is 2.22. The van der Waals surface area contributed by atoms with Crippen molar-refractivity contribution in [3.05, 3.63) is 29.8 Å². The van der Waals surface area contributed by atoms with Gasteiger partial charge < -0.3 is 19.5 Å². The molecule has 1 amide bonds. The molecule has 0 saturated heterocycles. The van der Waals surface area contributed by atoms with Crippen molar-refractivity contribution in [2.75, 3.05) is 13.2 Å². The third kappa shape index (κ3) is 9.97. The summed E-state index contributed by atoms with van der Waals surface area (Å²) in [6.45, 7) is 14.6. The molecule has 1 atom stereocenters. The molecule has 0 saturated carbocycles. The number of alkyl carbamates (subject to hydrolysis) is 1. The van der Waals surface area contributed by atoms with Gasteiger partial charge in [0.15, 0.2) is 0 Å². The van der Waals surface area contributed by atoms with Crippen LogP contribution in [0.25, 0.3) is 0 Å². The molecule has 142 valence electrons. The Kier molecular flexibility index (Phi) is 7.74. The minimum absolute atomic E-state index is 0.149. The van der Waals surface area contributed by atoms with Crippen molar-refractivity contribution in [3.63, 3.8) is 0 Å². The van der Waals surface area contributed by atoms with Crippen LogP contribution >= 0.6 is 0 Å². The quantitative estimate of drug-likeness (QED) is 0.794. The standard InChI is InChI=1S/C20H33NO4/c1-8-23-14-16(21-18(22)25-20(5,6)7)13-15-9-11-17(12-10-15)24-19(2,3)4/h9-12,16H,8,13-14H2,1-7H3,(H,21,22)/t16-/m0/s1. The highest BCUT2D eigenvalue weighted by atomic mass is 16.6. The fourth-order valence-electron chi connectivity index (χ4n) is 2.22. The summed E-state index contributed by atoms with van der Waals surface area (Å²) in [5.41, 5.74) is 0.353. The fraction of sp³-hybridized carbons (Fsp3) is 0.650. The number of ether oxygens (including phenoxy) is 3. The Morgan fingerprint density at radius 1 is 1.04 bits per heavy atom. The number of rotatable bonds is 7. The van der Waals surface area contributed by atoms with Crippen molar-refractivity contribution in [1.29, 1.82) is 0 Å². The average Bonchev–Trinajstić information content (AvgIpc) is 2.43. The van der Waals surface area contributed by atoms with E-state index in [1.165, 1.54) is 0 Å². The summed E-state index contributed by atoms with van der Waals surface area (Å²) in [7, 11) is 0. The maximum atomic E-state index is 12.0. The first-order chi connectivity index (χ1) is 11.5. The molecule has 0 unspecified atom stereocenters. The molecule has 5 nitrogen and oxygen atoms in total. The van der Waals surface area contributed by atoms with Crippen LogP contribution in [0.5, 0.6) is 5.75 Å². The lowest BCUT2D eigenvalue weighted by atomic mass is 10.1. The van der Waals surface area contributed by atoms with Crippen LogP contribution in [-0.2, 0) is 15.9 Å². The van der Waals surface area contributed by atoms with Crippen LogP contribution < -0.4 is 10.1 Å². The van der Waals surface area contributed by atoms with Gasteiger partial charge in [-0.3, -0.25) is 0 Å². The molecule has 1 aromatic carbocycles. The van der Waals surface area contributed by atoms with Gasteiger partial charge in [0, 0.05) is 6.61 Å². The van der Waals surface area contributed by atoms with Gasteiger partial charge in [-0.2, -0.15) is 0 Å². The van der Waals surface area contributed by atoms with Crippen LogP contribution in [0.15, 0.2) is 24.3 Å². The first kappa shape index (κ1) is 21.3. The minimum atomic E-state index is -0.522. The highest BCUT2D eigenvalue weighted by molar-refractivity contribution is 5.68. The predicted molar refractivity (Wildman–Crippen MR) is 100 cm³/mol. The van der Waals surface area contributed by atoms with Crippen molar-refractivity contribution < 1.29 is 19.0 Å². The van der Waals surface area contributed by atoms with Gasteiger partial charge in [0.2, 0.25) is 0 Å². The van der Waals surface area contributed by atoms with Gasteiger partial charge in [0.05, 0.1) is 12.6 Å². The van der Waals surface area contributed by atoms with E-state index in [0.29, 0.717) is 19.6 Å². The monoisotopic (exact) mass is 351 g/mol. The molecule has 0 radical (unpaired) electrons. The summed E-state index contributed by atoms with van der Waals surface area (Å²) in [6, 6.07) is 7.77. The third-order valence-electron chi connectivity index (χ3n) is 3.07. The van der Waals surface area contributed by atoms with Gasteiger partial charge in [-0.05, 0) is 72.6 Å². The number of amides is 1. The molecule has 1 N–H and O–H groups in total. The SMILES string of the molecule is CCOC[C@H](Cc1ccc(OC(C)(C)C)cc1)NC(=O)OC(C)(C)C. The molecule has 1 aromatic rings. The topological polar surface area (TPSA) is 56.8 Å². The minimum Gasteiger partial charge on any atom is -0.488 e. The van der Waals surface area contributed by atoms with Gasteiger partial charge in [0.1, 0.15) is 17.0 Å². The Labute approximate surface area is 152 Å². The first-order valence-corrected chi connectivity index (χ1v) is 8.84. The summed E-state index contributed by atoms with van der Waals surface area (Å²) in [6.07, 6.45) is 0.236. The van der Waals surface area contributed by atoms with Crippen LogP contribution in [0.2, 0.25) is 0 Å². The molecule has 5 heteroatoms. The van der Waals surface area contributed by atoms with E-state index in [-0.39, 0.29) is 11.6 Å². The zero-order valence-electron chi connectivity index (χ0n) is 16.6. The summed E-state index contributed by atoms with van der Waals surface area (Å²) in [4.78, 5) is 12.0. The molecule has 1 rings (SSSR count). The second-order valence-corrected chi connectivity index (χ2v) is 8.07. The summed E-state index contributed by atoms with van der Waals surface area (Å²) < 4.78 is 16.7. The predicted octanol–water partition coefficient (Wildman–Crippen LogP) is 4.34. The smallest absolute Gasteiger partial charge is 0.407 e. The van der Waals surface area contributed by atoms with Crippen LogP contribution in [0.4, 0.5) is 4.79 Å². The summed E-state index contributed by atoms with van der Waals surface area (Å²) >= 11 is 0. The number of hydrogen-bond donors (Lipinski definition) is 1. The van der Waals surface area contributed by atoms with E-state index in [1.807, 2.05) is 72.7 Å². The summed E-state index contributed by atoms with van der Waals surface area (Å²) in [5.74, 6) is 0.831. The molecule has 0 bridgehead atoms. The molecule has 25 heavy (non-hydrogen) atoms. The maximum Gasteiger partial charge on any atom is 0.407 e. The van der Waals surface area contributed by atoms with Crippen LogP contribution in [0.1, 0.15) is 54.0 Å². The van der Waals surface area contributed by atoms with Crippen LogP contribution in [0, 0.1) is 0 Å². The molecular weight excluding hydrogens is 318 g/mol. The Balaban J connectivity index is 2.69. The van der Waals surface area contributed by atoms with Gasteiger partial charge in [-0.1, -0.05) is 12.1 Å². The number of carbonyl (C=O) groups excluding carboxylic acids is 1. The molecule has 0 fully saturated rings.